The van der Waals surface area contributed by atoms with Crippen LogP contribution in [-0.2, 0) is 17.6 Å². The summed E-state index contributed by atoms with van der Waals surface area (Å²) >= 11 is 0. The lowest BCUT2D eigenvalue weighted by molar-refractivity contribution is -0.137. The second-order valence-corrected chi connectivity index (χ2v) is 4.57. The van der Waals surface area contributed by atoms with Crippen LogP contribution in [0.25, 0.3) is 0 Å². The van der Waals surface area contributed by atoms with Crippen LogP contribution >= 0.6 is 0 Å². The summed E-state index contributed by atoms with van der Waals surface area (Å²) in [5.41, 5.74) is 4.00. The van der Waals surface area contributed by atoms with Gasteiger partial charge in [0.1, 0.15) is 0 Å². The Kier molecular flexibility index (Phi) is 3.28. The summed E-state index contributed by atoms with van der Waals surface area (Å²) < 4.78 is 0. The van der Waals surface area contributed by atoms with Gasteiger partial charge in [0.05, 0.1) is 6.42 Å². The standard InChI is InChI=1S/C14H18O2/c1-2-10-6-7-13-11(8-10)4-3-5-12(13)9-14(15)16/h6-8,12H,2-5,9H2,1H3,(H,15,16). The van der Waals surface area contributed by atoms with Gasteiger partial charge in [0, 0.05) is 0 Å². The first-order valence-electron chi connectivity index (χ1n) is 6.04. The maximum Gasteiger partial charge on any atom is 0.303 e. The molecule has 1 N–H and O–H groups in total. The molecule has 0 amide bonds. The first-order chi connectivity index (χ1) is 7.70. The highest BCUT2D eigenvalue weighted by molar-refractivity contribution is 5.68. The van der Waals surface area contributed by atoms with Gasteiger partial charge in [0.25, 0.3) is 0 Å². The fraction of sp³-hybridized carbons (Fsp3) is 0.500. The fourth-order valence-electron chi connectivity index (χ4n) is 2.61. The molecule has 1 aliphatic rings. The Balaban J connectivity index is 2.28. The van der Waals surface area contributed by atoms with E-state index in [2.05, 4.69) is 25.1 Å². The smallest absolute Gasteiger partial charge is 0.303 e. The van der Waals surface area contributed by atoms with Crippen LogP contribution in [0.1, 0.15) is 48.8 Å². The quantitative estimate of drug-likeness (QED) is 0.846. The van der Waals surface area contributed by atoms with Gasteiger partial charge in [-0.2, -0.15) is 0 Å². The number of rotatable bonds is 3. The van der Waals surface area contributed by atoms with Crippen molar-refractivity contribution < 1.29 is 9.90 Å². The highest BCUT2D eigenvalue weighted by Crippen LogP contribution is 2.34. The number of carboxylic acids is 1. The highest BCUT2D eigenvalue weighted by Gasteiger charge is 2.22. The summed E-state index contributed by atoms with van der Waals surface area (Å²) in [7, 11) is 0. The monoisotopic (exact) mass is 218 g/mol. The molecule has 2 rings (SSSR count). The van der Waals surface area contributed by atoms with Crippen LogP contribution in [0.5, 0.6) is 0 Å². The average molecular weight is 218 g/mol. The van der Waals surface area contributed by atoms with Gasteiger partial charge in [-0.1, -0.05) is 25.1 Å². The first kappa shape index (κ1) is 11.2. The molecule has 0 saturated carbocycles. The molecule has 0 fully saturated rings. The van der Waals surface area contributed by atoms with E-state index in [1.165, 1.54) is 16.7 Å². The molecule has 1 aromatic rings. The molecule has 86 valence electrons. The lowest BCUT2D eigenvalue weighted by Gasteiger charge is -2.24. The van der Waals surface area contributed by atoms with E-state index in [0.717, 1.165) is 25.7 Å². The second kappa shape index (κ2) is 4.69. The SMILES string of the molecule is CCc1ccc2c(c1)CCCC2CC(=O)O. The van der Waals surface area contributed by atoms with E-state index >= 15 is 0 Å². The van der Waals surface area contributed by atoms with Crippen LogP contribution in [0.3, 0.4) is 0 Å². The minimum absolute atomic E-state index is 0.229. The van der Waals surface area contributed by atoms with E-state index in [1.807, 2.05) is 0 Å². The molecule has 2 nitrogen and oxygen atoms in total. The molecule has 0 saturated heterocycles. The molecule has 1 unspecified atom stereocenters. The Bertz CT molecular complexity index is 396. The van der Waals surface area contributed by atoms with Crippen molar-refractivity contribution in [2.24, 2.45) is 0 Å². The third-order valence-electron chi connectivity index (χ3n) is 3.48. The number of hydrogen-bond donors (Lipinski definition) is 1. The van der Waals surface area contributed by atoms with Crippen molar-refractivity contribution in [3.63, 3.8) is 0 Å². The Morgan fingerprint density at radius 3 is 3.00 bits per heavy atom. The van der Waals surface area contributed by atoms with Crippen molar-refractivity contribution in [1.82, 2.24) is 0 Å². The zero-order valence-corrected chi connectivity index (χ0v) is 9.70. The average Bonchev–Trinajstić information content (AvgIpc) is 2.28. The molecule has 16 heavy (non-hydrogen) atoms. The van der Waals surface area contributed by atoms with Crippen molar-refractivity contribution >= 4 is 5.97 Å². The van der Waals surface area contributed by atoms with Crippen molar-refractivity contribution in [1.29, 1.82) is 0 Å². The predicted octanol–water partition coefficient (Wildman–Crippen LogP) is 3.14. The van der Waals surface area contributed by atoms with E-state index in [4.69, 9.17) is 5.11 Å². The summed E-state index contributed by atoms with van der Waals surface area (Å²) in [5.74, 6) is -0.454. The molecule has 1 atom stereocenters. The third kappa shape index (κ3) is 2.26. The van der Waals surface area contributed by atoms with Crippen LogP contribution in [0.4, 0.5) is 0 Å². The van der Waals surface area contributed by atoms with Gasteiger partial charge >= 0.3 is 5.97 Å². The Hall–Kier alpha value is -1.31. The summed E-state index contributed by atoms with van der Waals surface area (Å²) in [5, 5.41) is 8.89. The minimum atomic E-state index is -0.683. The topological polar surface area (TPSA) is 37.3 Å². The van der Waals surface area contributed by atoms with Gasteiger partial charge in [-0.05, 0) is 48.3 Å². The summed E-state index contributed by atoms with van der Waals surface area (Å²) in [6, 6.07) is 6.53. The lowest BCUT2D eigenvalue weighted by Crippen LogP contribution is -2.13. The molecule has 2 heteroatoms. The van der Waals surface area contributed by atoms with Gasteiger partial charge in [-0.15, -0.1) is 0 Å². The van der Waals surface area contributed by atoms with Crippen molar-refractivity contribution in [3.8, 4) is 0 Å². The number of hydrogen-bond acceptors (Lipinski definition) is 1. The van der Waals surface area contributed by atoms with Gasteiger partial charge in [-0.3, -0.25) is 4.79 Å². The number of fused-ring (bicyclic) bond motifs is 1. The number of benzene rings is 1. The second-order valence-electron chi connectivity index (χ2n) is 4.57. The van der Waals surface area contributed by atoms with E-state index in [-0.39, 0.29) is 12.3 Å². The summed E-state index contributed by atoms with van der Waals surface area (Å²) in [6.45, 7) is 2.15. The van der Waals surface area contributed by atoms with Crippen molar-refractivity contribution in [2.75, 3.05) is 0 Å². The zero-order valence-electron chi connectivity index (χ0n) is 9.70. The molecular formula is C14H18O2. The summed E-state index contributed by atoms with van der Waals surface area (Å²) in [6.07, 6.45) is 4.58. The van der Waals surface area contributed by atoms with Gasteiger partial charge in [-0.25, -0.2) is 0 Å². The van der Waals surface area contributed by atoms with Gasteiger partial charge in [0.15, 0.2) is 0 Å². The number of aliphatic carboxylic acids is 1. The molecular weight excluding hydrogens is 200 g/mol. The molecule has 0 spiro atoms. The van der Waals surface area contributed by atoms with Crippen molar-refractivity contribution in [3.05, 3.63) is 34.9 Å². The molecule has 1 aliphatic carbocycles. The fourth-order valence-corrected chi connectivity index (χ4v) is 2.61. The van der Waals surface area contributed by atoms with E-state index in [1.54, 1.807) is 0 Å². The zero-order chi connectivity index (χ0) is 11.5. The van der Waals surface area contributed by atoms with Crippen LogP contribution < -0.4 is 0 Å². The number of carbonyl (C=O) groups is 1. The normalized spacial score (nSPS) is 19.2. The Morgan fingerprint density at radius 2 is 2.31 bits per heavy atom. The predicted molar refractivity (Wildman–Crippen MR) is 63.8 cm³/mol. The van der Waals surface area contributed by atoms with Crippen LogP contribution in [0, 0.1) is 0 Å². The van der Waals surface area contributed by atoms with Crippen molar-refractivity contribution in [2.45, 2.75) is 44.9 Å². The Labute approximate surface area is 96.3 Å². The largest absolute Gasteiger partial charge is 0.481 e. The number of carboxylic acid groups (broad SMARTS) is 1. The molecule has 1 aromatic carbocycles. The molecule has 0 aromatic heterocycles. The van der Waals surface area contributed by atoms with Crippen LogP contribution in [0.2, 0.25) is 0 Å². The molecule has 0 bridgehead atoms. The molecule has 0 heterocycles. The minimum Gasteiger partial charge on any atom is -0.481 e. The van der Waals surface area contributed by atoms with E-state index in [9.17, 15) is 4.79 Å². The molecule has 0 radical (unpaired) electrons. The summed E-state index contributed by atoms with van der Waals surface area (Å²) in [4.78, 5) is 10.8. The highest BCUT2D eigenvalue weighted by atomic mass is 16.4. The lowest BCUT2D eigenvalue weighted by atomic mass is 9.80. The van der Waals surface area contributed by atoms with E-state index in [0.29, 0.717) is 0 Å². The van der Waals surface area contributed by atoms with E-state index < -0.39 is 5.97 Å². The maximum absolute atomic E-state index is 10.8. The van der Waals surface area contributed by atoms with Gasteiger partial charge < -0.3 is 5.11 Å². The molecule has 0 aliphatic heterocycles. The number of aryl methyl sites for hydroxylation is 2. The Morgan fingerprint density at radius 1 is 1.50 bits per heavy atom. The van der Waals surface area contributed by atoms with Gasteiger partial charge in [0.2, 0.25) is 0 Å². The van der Waals surface area contributed by atoms with Crippen LogP contribution in [0.15, 0.2) is 18.2 Å². The third-order valence-corrected chi connectivity index (χ3v) is 3.48. The first-order valence-corrected chi connectivity index (χ1v) is 6.04. The van der Waals surface area contributed by atoms with Crippen LogP contribution in [-0.4, -0.2) is 11.1 Å². The maximum atomic E-state index is 10.8.